The average molecular weight is 561 g/mol. The minimum Gasteiger partial charge on any atom is -0.497 e. The smallest absolute Gasteiger partial charge is 0.251 e. The van der Waals surface area contributed by atoms with Gasteiger partial charge in [0.1, 0.15) is 24.1 Å². The molecule has 11 heteroatoms. The van der Waals surface area contributed by atoms with Gasteiger partial charge in [-0.05, 0) is 72.3 Å². The van der Waals surface area contributed by atoms with Crippen LogP contribution in [0.25, 0.3) is 10.7 Å². The van der Waals surface area contributed by atoms with E-state index in [4.69, 9.17) is 9.47 Å². The van der Waals surface area contributed by atoms with Crippen LogP contribution in [-0.4, -0.2) is 52.3 Å². The van der Waals surface area contributed by atoms with Gasteiger partial charge >= 0.3 is 0 Å². The van der Waals surface area contributed by atoms with Gasteiger partial charge in [0.15, 0.2) is 0 Å². The number of aryl methyl sites for hydroxylation is 1. The summed E-state index contributed by atoms with van der Waals surface area (Å²) in [4.78, 5) is 31.9. The summed E-state index contributed by atoms with van der Waals surface area (Å²) >= 11 is 1.49. The van der Waals surface area contributed by atoms with E-state index in [0.717, 1.165) is 36.1 Å². The first-order valence-corrected chi connectivity index (χ1v) is 14.1. The second kappa shape index (κ2) is 12.3. The zero-order chi connectivity index (χ0) is 28.1. The molecule has 0 aliphatic heterocycles. The van der Waals surface area contributed by atoms with Crippen molar-refractivity contribution in [2.45, 2.75) is 51.2 Å². The van der Waals surface area contributed by atoms with Crippen LogP contribution in [-0.2, 0) is 16.1 Å². The minimum atomic E-state index is -1.04. The average Bonchev–Trinajstić information content (AvgIpc) is 3.75. The van der Waals surface area contributed by atoms with E-state index in [9.17, 15) is 9.59 Å². The fraction of sp³-hybridized carbons (Fsp3) is 0.345. The molecule has 208 valence electrons. The molecule has 40 heavy (non-hydrogen) atoms. The Bertz CT molecular complexity index is 1460. The lowest BCUT2D eigenvalue weighted by molar-refractivity contribution is -0.127. The number of anilines is 1. The van der Waals surface area contributed by atoms with Crippen LogP contribution in [0.1, 0.15) is 42.9 Å². The monoisotopic (exact) mass is 560 g/mol. The van der Waals surface area contributed by atoms with Crippen molar-refractivity contribution in [1.82, 2.24) is 25.5 Å². The van der Waals surface area contributed by atoms with Crippen molar-refractivity contribution in [3.05, 3.63) is 71.1 Å². The lowest BCUT2D eigenvalue weighted by atomic mass is 10.00. The predicted octanol–water partition coefficient (Wildman–Crippen LogP) is 4.56. The number of ether oxygens (including phenoxy) is 2. The summed E-state index contributed by atoms with van der Waals surface area (Å²) < 4.78 is 11.2. The number of aromatic nitrogens is 4. The molecule has 1 unspecified atom stereocenters. The summed E-state index contributed by atoms with van der Waals surface area (Å²) in [5, 5.41) is 17.8. The summed E-state index contributed by atoms with van der Waals surface area (Å²) in [7, 11) is 3.10. The van der Waals surface area contributed by atoms with Crippen LogP contribution in [0.15, 0.2) is 60.0 Å². The number of carbonyl (C=O) groups excluding carboxylic acids is 2. The van der Waals surface area contributed by atoms with Crippen molar-refractivity contribution >= 4 is 28.8 Å². The van der Waals surface area contributed by atoms with Crippen LogP contribution in [0, 0.1) is 6.92 Å². The largest absolute Gasteiger partial charge is 0.497 e. The van der Waals surface area contributed by atoms with Crippen LogP contribution >= 0.6 is 11.3 Å². The zero-order valence-corrected chi connectivity index (χ0v) is 23.6. The summed E-state index contributed by atoms with van der Waals surface area (Å²) in [5.41, 5.74) is 2.03. The molecule has 2 heterocycles. The number of hydrogen-bond donors (Lipinski definition) is 1. The molecule has 0 bridgehead atoms. The number of nitrogens with zero attached hydrogens (tertiary/aromatic N) is 5. The second-order valence-electron chi connectivity index (χ2n) is 9.72. The topological polar surface area (TPSA) is 111 Å². The molecule has 1 saturated carbocycles. The third-order valence-electron chi connectivity index (χ3n) is 6.96. The standard InChI is InChI=1S/C29H32N6O4S/c1-19-8-6-11-21(16-19)35(26(36)18-34-32-28(31-33-34)25-12-7-15-40-25)27(29(37)30-20-9-4-5-10-20)23-17-22(38-2)13-14-24(23)39-3/h6-8,11-17,20,27H,4-5,9-10,18H2,1-3H3,(H,30,37). The Balaban J connectivity index is 1.58. The molecular formula is C29H32N6O4S. The van der Waals surface area contributed by atoms with Gasteiger partial charge < -0.3 is 14.8 Å². The van der Waals surface area contributed by atoms with E-state index < -0.39 is 6.04 Å². The molecule has 0 spiro atoms. The third-order valence-corrected chi connectivity index (χ3v) is 7.82. The maximum atomic E-state index is 14.2. The summed E-state index contributed by atoms with van der Waals surface area (Å²) in [5.74, 6) is 0.785. The SMILES string of the molecule is COc1ccc(OC)c(C(C(=O)NC2CCCC2)N(C(=O)Cn2nnc(-c3cccs3)n2)c2cccc(C)c2)c1. The molecule has 0 radical (unpaired) electrons. The van der Waals surface area contributed by atoms with Crippen molar-refractivity contribution in [2.24, 2.45) is 0 Å². The maximum absolute atomic E-state index is 14.2. The van der Waals surface area contributed by atoms with Gasteiger partial charge in [-0.25, -0.2) is 0 Å². The Hall–Kier alpha value is -4.25. The van der Waals surface area contributed by atoms with Crippen molar-refractivity contribution in [2.75, 3.05) is 19.1 Å². The first-order chi connectivity index (χ1) is 19.5. The molecule has 1 fully saturated rings. The number of benzene rings is 2. The van der Waals surface area contributed by atoms with Crippen molar-refractivity contribution in [1.29, 1.82) is 0 Å². The van der Waals surface area contributed by atoms with Crippen LogP contribution in [0.2, 0.25) is 0 Å². The maximum Gasteiger partial charge on any atom is 0.251 e. The van der Waals surface area contributed by atoms with E-state index in [2.05, 4.69) is 20.7 Å². The van der Waals surface area contributed by atoms with Crippen LogP contribution in [0.3, 0.4) is 0 Å². The van der Waals surface area contributed by atoms with Gasteiger partial charge in [-0.2, -0.15) is 4.80 Å². The predicted molar refractivity (Wildman–Crippen MR) is 152 cm³/mol. The molecule has 2 amide bonds. The third kappa shape index (κ3) is 5.99. The molecule has 1 atom stereocenters. The van der Waals surface area contributed by atoms with Gasteiger partial charge in [0.05, 0.1) is 19.1 Å². The normalized spacial score (nSPS) is 14.1. The molecule has 1 N–H and O–H groups in total. The van der Waals surface area contributed by atoms with Gasteiger partial charge in [0.25, 0.3) is 5.91 Å². The van der Waals surface area contributed by atoms with Crippen LogP contribution < -0.4 is 19.7 Å². The number of hydrogen-bond acceptors (Lipinski definition) is 8. The second-order valence-corrected chi connectivity index (χ2v) is 10.7. The van der Waals surface area contributed by atoms with E-state index in [1.807, 2.05) is 48.7 Å². The highest BCUT2D eigenvalue weighted by Crippen LogP contribution is 2.37. The zero-order valence-electron chi connectivity index (χ0n) is 22.7. The Morgan fingerprint density at radius 3 is 2.62 bits per heavy atom. The Morgan fingerprint density at radius 2 is 1.93 bits per heavy atom. The molecule has 0 saturated heterocycles. The Kier molecular flexibility index (Phi) is 8.40. The quantitative estimate of drug-likeness (QED) is 0.303. The van der Waals surface area contributed by atoms with E-state index >= 15 is 0 Å². The molecule has 1 aliphatic carbocycles. The summed E-state index contributed by atoms with van der Waals surface area (Å²) in [6.07, 6.45) is 3.92. The molecule has 5 rings (SSSR count). The highest BCUT2D eigenvalue weighted by Gasteiger charge is 2.37. The number of amides is 2. The lowest BCUT2D eigenvalue weighted by Crippen LogP contribution is -2.47. The van der Waals surface area contributed by atoms with Crippen LogP contribution in [0.4, 0.5) is 5.69 Å². The highest BCUT2D eigenvalue weighted by atomic mass is 32.1. The summed E-state index contributed by atoms with van der Waals surface area (Å²) in [6, 6.07) is 15.6. The fourth-order valence-corrected chi connectivity index (χ4v) is 5.68. The fourth-order valence-electron chi connectivity index (χ4n) is 5.03. The summed E-state index contributed by atoms with van der Waals surface area (Å²) in [6.45, 7) is 1.73. The van der Waals surface area contributed by atoms with Crippen molar-refractivity contribution in [3.63, 3.8) is 0 Å². The molecule has 2 aromatic carbocycles. The number of nitrogens with one attached hydrogen (secondary N) is 1. The number of tetrazole rings is 1. The Morgan fingerprint density at radius 1 is 1.10 bits per heavy atom. The van der Waals surface area contributed by atoms with Crippen LogP contribution in [0.5, 0.6) is 11.5 Å². The van der Waals surface area contributed by atoms with E-state index in [0.29, 0.717) is 28.6 Å². The van der Waals surface area contributed by atoms with Gasteiger partial charge in [-0.3, -0.25) is 14.5 Å². The van der Waals surface area contributed by atoms with E-state index in [-0.39, 0.29) is 24.4 Å². The number of methoxy groups -OCH3 is 2. The number of rotatable bonds is 10. The molecule has 2 aromatic heterocycles. The van der Waals surface area contributed by atoms with Gasteiger partial charge in [0, 0.05) is 17.3 Å². The molecular weight excluding hydrogens is 528 g/mol. The van der Waals surface area contributed by atoms with E-state index in [1.54, 1.807) is 32.4 Å². The lowest BCUT2D eigenvalue weighted by Gasteiger charge is -2.33. The van der Waals surface area contributed by atoms with Crippen molar-refractivity contribution < 1.29 is 19.1 Å². The molecule has 1 aliphatic rings. The minimum absolute atomic E-state index is 0.0476. The Labute approximate surface area is 236 Å². The number of carbonyl (C=O) groups is 2. The number of thiophene rings is 1. The van der Waals surface area contributed by atoms with Crippen molar-refractivity contribution in [3.8, 4) is 22.2 Å². The van der Waals surface area contributed by atoms with E-state index in [1.165, 1.54) is 21.0 Å². The molecule has 4 aromatic rings. The highest BCUT2D eigenvalue weighted by molar-refractivity contribution is 7.13. The van der Waals surface area contributed by atoms with Gasteiger partial charge in [-0.15, -0.1) is 21.5 Å². The van der Waals surface area contributed by atoms with Gasteiger partial charge in [0.2, 0.25) is 11.7 Å². The first kappa shape index (κ1) is 27.3. The van der Waals surface area contributed by atoms with Gasteiger partial charge in [-0.1, -0.05) is 31.0 Å². The molecule has 10 nitrogen and oxygen atoms in total. The first-order valence-electron chi connectivity index (χ1n) is 13.2.